The van der Waals surface area contributed by atoms with Gasteiger partial charge in [0.15, 0.2) is 0 Å². The van der Waals surface area contributed by atoms with E-state index in [2.05, 4.69) is 4.98 Å². The third-order valence-electron chi connectivity index (χ3n) is 9.10. The van der Waals surface area contributed by atoms with Crippen LogP contribution in [-0.4, -0.2) is 63.6 Å². The molecule has 3 aromatic rings. The molecule has 46 heavy (non-hydrogen) atoms. The van der Waals surface area contributed by atoms with Crippen molar-refractivity contribution in [2.75, 3.05) is 19.8 Å². The summed E-state index contributed by atoms with van der Waals surface area (Å²) in [7, 11) is 0. The number of ether oxygens (including phenoxy) is 4. The molecule has 6 rings (SSSR count). The lowest BCUT2D eigenvalue weighted by Gasteiger charge is -2.33. The number of fused-ring (bicyclic) bond motifs is 3. The van der Waals surface area contributed by atoms with Gasteiger partial charge in [-0.1, -0.05) is 18.6 Å². The molecule has 0 radical (unpaired) electrons. The number of aromatic nitrogens is 1. The lowest BCUT2D eigenvalue weighted by molar-refractivity contribution is -0.141. The fourth-order valence-corrected chi connectivity index (χ4v) is 6.73. The van der Waals surface area contributed by atoms with Gasteiger partial charge in [0.05, 0.1) is 43.2 Å². The first-order valence-electron chi connectivity index (χ1n) is 15.9. The molecule has 4 N–H and O–H groups in total. The number of esters is 1. The molecule has 3 heterocycles. The van der Waals surface area contributed by atoms with E-state index < -0.39 is 36.1 Å². The van der Waals surface area contributed by atoms with Crippen molar-refractivity contribution in [1.82, 2.24) is 4.98 Å². The molecule has 0 saturated heterocycles. The van der Waals surface area contributed by atoms with Crippen molar-refractivity contribution in [2.24, 2.45) is 5.92 Å². The van der Waals surface area contributed by atoms with Gasteiger partial charge in [0.25, 0.3) is 0 Å². The summed E-state index contributed by atoms with van der Waals surface area (Å²) in [6.07, 6.45) is 4.50. The topological polar surface area (TPSA) is 148 Å². The Bertz CT molecular complexity index is 1740. The van der Waals surface area contributed by atoms with Crippen LogP contribution in [0.3, 0.4) is 0 Å². The van der Waals surface area contributed by atoms with Crippen molar-refractivity contribution in [3.63, 3.8) is 0 Å². The molecule has 244 valence electrons. The molecular formula is C36H41NO9. The second-order valence-corrected chi connectivity index (χ2v) is 12.7. The molecule has 0 spiro atoms. The number of aliphatic hydroxyl groups excluding tert-OH is 2. The van der Waals surface area contributed by atoms with Crippen LogP contribution in [0.15, 0.2) is 47.9 Å². The number of ketones is 1. The van der Waals surface area contributed by atoms with Crippen molar-refractivity contribution in [3.8, 4) is 17.2 Å². The molecule has 0 bridgehead atoms. The predicted octanol–water partition coefficient (Wildman–Crippen LogP) is 4.87. The van der Waals surface area contributed by atoms with Crippen molar-refractivity contribution in [3.05, 3.63) is 70.1 Å². The van der Waals surface area contributed by atoms with Crippen LogP contribution in [0.25, 0.3) is 16.5 Å². The number of rotatable bonds is 9. The lowest BCUT2D eigenvalue weighted by Crippen LogP contribution is -2.39. The summed E-state index contributed by atoms with van der Waals surface area (Å²) >= 11 is 0. The van der Waals surface area contributed by atoms with E-state index in [4.69, 9.17) is 18.9 Å². The van der Waals surface area contributed by atoms with Gasteiger partial charge in [-0.15, -0.1) is 0 Å². The Kier molecular flexibility index (Phi) is 8.71. The molecule has 10 heteroatoms. The van der Waals surface area contributed by atoms with E-state index in [1.807, 2.05) is 37.4 Å². The van der Waals surface area contributed by atoms with E-state index in [-0.39, 0.29) is 36.9 Å². The van der Waals surface area contributed by atoms with E-state index in [0.29, 0.717) is 59.6 Å². The number of Topliss-reactive ketones (excluding diaryl/α,β-unsaturated/α-hetero) is 1. The number of hydrogen-bond acceptors (Lipinski definition) is 9. The lowest BCUT2D eigenvalue weighted by atomic mass is 9.72. The third-order valence-corrected chi connectivity index (χ3v) is 9.10. The highest BCUT2D eigenvalue weighted by Gasteiger charge is 2.44. The van der Waals surface area contributed by atoms with Gasteiger partial charge in [-0.2, -0.15) is 0 Å². The van der Waals surface area contributed by atoms with E-state index in [1.54, 1.807) is 26.8 Å². The Hall–Kier alpha value is -4.12. The number of carbonyl (C=O) groups excluding carboxylic acids is 2. The number of aromatic amines is 1. The van der Waals surface area contributed by atoms with Gasteiger partial charge in [-0.3, -0.25) is 4.79 Å². The summed E-state index contributed by atoms with van der Waals surface area (Å²) in [5.74, 6) is -0.942. The SMILES string of the molecule is CCCOc1c2c(c(CO)c3c1C(=C1CC(CO)C(=O)C(c4ccc5[nH]ccc5c4)C1)C=C(C(=O)OCC)O3)OC(C(C)(C)O)C2. The number of aliphatic hydroxyl groups is 3. The summed E-state index contributed by atoms with van der Waals surface area (Å²) in [4.78, 5) is 30.1. The monoisotopic (exact) mass is 631 g/mol. The number of nitrogens with one attached hydrogen (secondary N) is 1. The Balaban J connectivity index is 1.59. The number of carbonyl (C=O) groups is 2. The third kappa shape index (κ3) is 5.59. The zero-order chi connectivity index (χ0) is 32.7. The first kappa shape index (κ1) is 31.8. The molecule has 1 fully saturated rings. The molecule has 1 saturated carbocycles. The Morgan fingerprint density at radius 2 is 1.91 bits per heavy atom. The summed E-state index contributed by atoms with van der Waals surface area (Å²) < 4.78 is 24.2. The maximum absolute atomic E-state index is 13.8. The molecule has 3 atom stereocenters. The Labute approximate surface area is 267 Å². The highest BCUT2D eigenvalue weighted by atomic mass is 16.6. The normalized spacial score (nSPS) is 22.5. The summed E-state index contributed by atoms with van der Waals surface area (Å²) in [5.41, 5.74) is 3.63. The van der Waals surface area contributed by atoms with Crippen LogP contribution in [0.1, 0.15) is 75.1 Å². The fourth-order valence-electron chi connectivity index (χ4n) is 6.73. The molecule has 3 unspecified atom stereocenters. The highest BCUT2D eigenvalue weighted by molar-refractivity contribution is 5.99. The van der Waals surface area contributed by atoms with Gasteiger partial charge in [-0.25, -0.2) is 4.79 Å². The molecule has 10 nitrogen and oxygen atoms in total. The number of H-pyrrole nitrogens is 1. The van der Waals surface area contributed by atoms with Gasteiger partial charge in [-0.05, 0) is 80.8 Å². The smallest absolute Gasteiger partial charge is 0.374 e. The molecule has 2 aliphatic heterocycles. The van der Waals surface area contributed by atoms with Gasteiger partial charge in [0, 0.05) is 35.5 Å². The van der Waals surface area contributed by atoms with Crippen LogP contribution >= 0.6 is 0 Å². The number of benzene rings is 2. The zero-order valence-electron chi connectivity index (χ0n) is 26.6. The largest absolute Gasteiger partial charge is 0.492 e. The van der Waals surface area contributed by atoms with Gasteiger partial charge >= 0.3 is 5.97 Å². The van der Waals surface area contributed by atoms with Crippen molar-refractivity contribution < 1.29 is 43.9 Å². The second-order valence-electron chi connectivity index (χ2n) is 12.7. The van der Waals surface area contributed by atoms with Crippen LogP contribution in [0.2, 0.25) is 0 Å². The van der Waals surface area contributed by atoms with E-state index in [0.717, 1.165) is 22.0 Å². The van der Waals surface area contributed by atoms with Crippen LogP contribution in [0.4, 0.5) is 0 Å². The standard InChI is InChI=1S/C36H41NO9/c1-5-11-44-33-25-16-29(36(3,4)42)46-32(25)26(18-39)34-30(33)23(15-28(45-34)35(41)43-6-2)21-13-22(17-38)31(40)24(14-21)19-7-8-27-20(12-19)9-10-37-27/h7-10,12,15,22,24,29,37-39,42H,5-6,11,13-14,16-18H2,1-4H3. The number of allylic oxidation sites excluding steroid dienone is 3. The van der Waals surface area contributed by atoms with E-state index in [1.165, 1.54) is 0 Å². The van der Waals surface area contributed by atoms with Crippen LogP contribution in [0.5, 0.6) is 17.2 Å². The van der Waals surface area contributed by atoms with Crippen molar-refractivity contribution in [2.45, 2.75) is 77.6 Å². The molecule has 1 aromatic heterocycles. The Morgan fingerprint density at radius 1 is 1.11 bits per heavy atom. The minimum Gasteiger partial charge on any atom is -0.492 e. The zero-order valence-corrected chi connectivity index (χ0v) is 26.6. The van der Waals surface area contributed by atoms with Crippen molar-refractivity contribution >= 4 is 28.2 Å². The van der Waals surface area contributed by atoms with Gasteiger partial charge < -0.3 is 39.3 Å². The molecule has 2 aromatic carbocycles. The van der Waals surface area contributed by atoms with E-state index in [9.17, 15) is 24.9 Å². The summed E-state index contributed by atoms with van der Waals surface area (Å²) in [6.45, 7) is 6.72. The second kappa shape index (κ2) is 12.6. The Morgan fingerprint density at radius 3 is 2.61 bits per heavy atom. The predicted molar refractivity (Wildman–Crippen MR) is 171 cm³/mol. The first-order valence-corrected chi connectivity index (χ1v) is 15.9. The van der Waals surface area contributed by atoms with Gasteiger partial charge in [0.2, 0.25) is 5.76 Å². The van der Waals surface area contributed by atoms with Crippen LogP contribution in [0, 0.1) is 5.92 Å². The average molecular weight is 632 g/mol. The summed E-state index contributed by atoms with van der Waals surface area (Å²) in [5, 5.41) is 33.0. The van der Waals surface area contributed by atoms with Crippen LogP contribution < -0.4 is 14.2 Å². The van der Waals surface area contributed by atoms with E-state index >= 15 is 0 Å². The maximum Gasteiger partial charge on any atom is 0.374 e. The summed E-state index contributed by atoms with van der Waals surface area (Å²) in [6, 6.07) is 7.83. The fraction of sp³-hybridized carbons (Fsp3) is 0.444. The molecular weight excluding hydrogens is 590 g/mol. The average Bonchev–Trinajstić information content (AvgIpc) is 3.70. The van der Waals surface area contributed by atoms with Gasteiger partial charge in [0.1, 0.15) is 29.1 Å². The highest BCUT2D eigenvalue weighted by Crippen LogP contribution is 2.55. The maximum atomic E-state index is 13.8. The molecule has 1 aliphatic carbocycles. The van der Waals surface area contributed by atoms with Crippen LogP contribution in [-0.2, 0) is 27.4 Å². The first-order chi connectivity index (χ1) is 22.1. The number of hydrogen-bond donors (Lipinski definition) is 4. The molecule has 0 amide bonds. The van der Waals surface area contributed by atoms with Crippen molar-refractivity contribution in [1.29, 1.82) is 0 Å². The minimum absolute atomic E-state index is 0.0440. The molecule has 3 aliphatic rings. The quantitative estimate of drug-likeness (QED) is 0.243. The minimum atomic E-state index is -1.20.